The second-order valence-electron chi connectivity index (χ2n) is 5.06. The summed E-state index contributed by atoms with van der Waals surface area (Å²) in [5.74, 6) is 2.59. The van der Waals surface area contributed by atoms with Gasteiger partial charge in [0.2, 0.25) is 0 Å². The van der Waals surface area contributed by atoms with Gasteiger partial charge in [0.25, 0.3) is 0 Å². The van der Waals surface area contributed by atoms with Crippen molar-refractivity contribution in [3.63, 3.8) is 0 Å². The van der Waals surface area contributed by atoms with Crippen molar-refractivity contribution in [2.24, 2.45) is 11.7 Å². The average Bonchev–Trinajstić information content (AvgIpc) is 2.72. The Bertz CT molecular complexity index is 681. The molecule has 106 valence electrons. The van der Waals surface area contributed by atoms with Crippen LogP contribution in [0.4, 0.5) is 0 Å². The highest BCUT2D eigenvalue weighted by Gasteiger charge is 2.18. The van der Waals surface area contributed by atoms with E-state index in [-0.39, 0.29) is 5.92 Å². The lowest BCUT2D eigenvalue weighted by Gasteiger charge is -2.19. The number of hydrogen-bond donors (Lipinski definition) is 1. The lowest BCUT2D eigenvalue weighted by molar-refractivity contribution is 0.172. The van der Waals surface area contributed by atoms with Gasteiger partial charge in [0.05, 0.1) is 16.0 Å². The summed E-state index contributed by atoms with van der Waals surface area (Å²) in [7, 11) is 0. The molecule has 2 N–H and O–H groups in total. The molecule has 0 aliphatic carbocycles. The van der Waals surface area contributed by atoms with E-state index in [2.05, 4.69) is 9.55 Å². The van der Waals surface area contributed by atoms with E-state index in [1.165, 1.54) is 0 Å². The Hall–Kier alpha value is -1.82. The van der Waals surface area contributed by atoms with Gasteiger partial charge in [-0.1, -0.05) is 19.1 Å². The number of rotatable bonds is 3. The van der Waals surface area contributed by atoms with Gasteiger partial charge < -0.3 is 19.8 Å². The van der Waals surface area contributed by atoms with E-state index in [0.29, 0.717) is 18.2 Å². The van der Waals surface area contributed by atoms with Gasteiger partial charge >= 0.3 is 0 Å². The van der Waals surface area contributed by atoms with Crippen molar-refractivity contribution >= 4 is 28.2 Å². The quantitative estimate of drug-likeness (QED) is 0.877. The summed E-state index contributed by atoms with van der Waals surface area (Å²) >= 11 is 5.05. The van der Waals surface area contributed by atoms with Crippen LogP contribution in [0.2, 0.25) is 0 Å². The van der Waals surface area contributed by atoms with E-state index < -0.39 is 0 Å². The third kappa shape index (κ3) is 2.20. The average molecular weight is 291 g/mol. The number of hydrogen-bond acceptors (Lipinski definition) is 4. The predicted molar refractivity (Wildman–Crippen MR) is 81.4 cm³/mol. The van der Waals surface area contributed by atoms with Crippen LogP contribution in [-0.2, 0) is 6.54 Å². The van der Waals surface area contributed by atoms with Gasteiger partial charge in [-0.15, -0.1) is 0 Å². The SMILES string of the molecule is Cc1nc2cc3c(cc2n1CC(C)C(N)=S)OCCO3. The lowest BCUT2D eigenvalue weighted by atomic mass is 10.2. The Morgan fingerprint density at radius 2 is 2.05 bits per heavy atom. The molecule has 0 saturated carbocycles. The lowest BCUT2D eigenvalue weighted by Crippen LogP contribution is -2.23. The summed E-state index contributed by atoms with van der Waals surface area (Å²) in [4.78, 5) is 5.09. The van der Waals surface area contributed by atoms with Crippen LogP contribution in [0.5, 0.6) is 11.5 Å². The fraction of sp³-hybridized carbons (Fsp3) is 0.429. The molecular weight excluding hydrogens is 274 g/mol. The number of nitrogens with two attached hydrogens (primary N) is 1. The molecule has 2 heterocycles. The van der Waals surface area contributed by atoms with Gasteiger partial charge in [0.15, 0.2) is 11.5 Å². The number of fused-ring (bicyclic) bond motifs is 2. The van der Waals surface area contributed by atoms with Gasteiger partial charge in [-0.3, -0.25) is 0 Å². The molecule has 2 aromatic rings. The Kier molecular flexibility index (Phi) is 3.25. The topological polar surface area (TPSA) is 62.3 Å². The molecule has 1 atom stereocenters. The summed E-state index contributed by atoms with van der Waals surface area (Å²) in [6, 6.07) is 3.91. The molecule has 6 heteroatoms. The highest BCUT2D eigenvalue weighted by Crippen LogP contribution is 2.34. The van der Waals surface area contributed by atoms with E-state index in [1.807, 2.05) is 26.0 Å². The number of ether oxygens (including phenoxy) is 2. The molecule has 1 aromatic carbocycles. The van der Waals surface area contributed by atoms with Crippen molar-refractivity contribution in [1.29, 1.82) is 0 Å². The van der Waals surface area contributed by atoms with Gasteiger partial charge in [0.1, 0.15) is 19.0 Å². The second kappa shape index (κ2) is 4.94. The van der Waals surface area contributed by atoms with Crippen molar-refractivity contribution in [3.8, 4) is 11.5 Å². The van der Waals surface area contributed by atoms with Crippen molar-refractivity contribution in [3.05, 3.63) is 18.0 Å². The molecule has 3 rings (SSSR count). The summed E-state index contributed by atoms with van der Waals surface area (Å²) in [6.45, 7) is 5.88. The summed E-state index contributed by atoms with van der Waals surface area (Å²) in [5.41, 5.74) is 7.64. The molecule has 20 heavy (non-hydrogen) atoms. The van der Waals surface area contributed by atoms with Crippen LogP contribution in [0.3, 0.4) is 0 Å². The summed E-state index contributed by atoms with van der Waals surface area (Å²) < 4.78 is 13.3. The molecule has 0 spiro atoms. The molecule has 0 bridgehead atoms. The Morgan fingerprint density at radius 3 is 2.70 bits per heavy atom. The van der Waals surface area contributed by atoms with Crippen molar-refractivity contribution in [2.75, 3.05) is 13.2 Å². The van der Waals surface area contributed by atoms with Gasteiger partial charge in [-0.2, -0.15) is 0 Å². The van der Waals surface area contributed by atoms with Crippen molar-refractivity contribution in [1.82, 2.24) is 9.55 Å². The summed E-state index contributed by atoms with van der Waals surface area (Å²) in [6.07, 6.45) is 0. The first-order valence-corrected chi connectivity index (χ1v) is 7.03. The number of nitrogens with zero attached hydrogens (tertiary/aromatic N) is 2. The minimum Gasteiger partial charge on any atom is -0.486 e. The standard InChI is InChI=1S/C14H17N3O2S/c1-8(14(15)20)7-17-9(2)16-10-5-12-13(6-11(10)17)19-4-3-18-12/h5-6,8H,3-4,7H2,1-2H3,(H2,15,20). The normalized spacial score (nSPS) is 15.3. The van der Waals surface area contributed by atoms with Crippen LogP contribution in [0.1, 0.15) is 12.7 Å². The van der Waals surface area contributed by atoms with E-state index in [9.17, 15) is 0 Å². The number of thiocarbonyl (C=S) groups is 1. The van der Waals surface area contributed by atoms with Gasteiger partial charge in [-0.05, 0) is 6.92 Å². The first-order valence-electron chi connectivity index (χ1n) is 6.62. The zero-order valence-corrected chi connectivity index (χ0v) is 12.4. The zero-order valence-electron chi connectivity index (χ0n) is 11.5. The first-order chi connectivity index (χ1) is 9.56. The monoisotopic (exact) mass is 291 g/mol. The van der Waals surface area contributed by atoms with E-state index in [0.717, 1.165) is 34.9 Å². The molecule has 0 saturated heterocycles. The summed E-state index contributed by atoms with van der Waals surface area (Å²) in [5, 5.41) is 0. The molecule has 0 fully saturated rings. The second-order valence-corrected chi connectivity index (χ2v) is 5.53. The maximum atomic E-state index is 5.71. The van der Waals surface area contributed by atoms with E-state index in [1.54, 1.807) is 0 Å². The molecular formula is C14H17N3O2S. The molecule has 0 radical (unpaired) electrons. The molecule has 1 aliphatic heterocycles. The van der Waals surface area contributed by atoms with Crippen LogP contribution in [0, 0.1) is 12.8 Å². The zero-order chi connectivity index (χ0) is 14.3. The van der Waals surface area contributed by atoms with Crippen LogP contribution in [0.25, 0.3) is 11.0 Å². The number of imidazole rings is 1. The maximum Gasteiger partial charge on any atom is 0.163 e. The highest BCUT2D eigenvalue weighted by molar-refractivity contribution is 7.80. The molecule has 1 aromatic heterocycles. The van der Waals surface area contributed by atoms with E-state index in [4.69, 9.17) is 27.4 Å². The molecule has 5 nitrogen and oxygen atoms in total. The molecule has 0 amide bonds. The molecule has 1 aliphatic rings. The van der Waals surface area contributed by atoms with Crippen molar-refractivity contribution in [2.45, 2.75) is 20.4 Å². The first kappa shape index (κ1) is 13.2. The third-order valence-electron chi connectivity index (χ3n) is 3.55. The maximum absolute atomic E-state index is 5.71. The van der Waals surface area contributed by atoms with Crippen molar-refractivity contribution < 1.29 is 9.47 Å². The Morgan fingerprint density at radius 1 is 1.40 bits per heavy atom. The fourth-order valence-electron chi connectivity index (χ4n) is 2.38. The highest BCUT2D eigenvalue weighted by atomic mass is 32.1. The largest absolute Gasteiger partial charge is 0.486 e. The van der Waals surface area contributed by atoms with Gasteiger partial charge in [-0.25, -0.2) is 4.98 Å². The smallest absolute Gasteiger partial charge is 0.163 e. The fourth-order valence-corrected chi connectivity index (χ4v) is 2.45. The van der Waals surface area contributed by atoms with Crippen LogP contribution >= 0.6 is 12.2 Å². The minimum absolute atomic E-state index is 0.120. The number of aryl methyl sites for hydroxylation is 1. The Balaban J connectivity index is 2.07. The minimum atomic E-state index is 0.120. The van der Waals surface area contributed by atoms with Crippen LogP contribution in [-0.4, -0.2) is 27.8 Å². The Labute approximate surface area is 122 Å². The van der Waals surface area contributed by atoms with Crippen LogP contribution < -0.4 is 15.2 Å². The number of aromatic nitrogens is 2. The van der Waals surface area contributed by atoms with E-state index >= 15 is 0 Å². The van der Waals surface area contributed by atoms with Gasteiger partial charge in [0, 0.05) is 24.6 Å². The van der Waals surface area contributed by atoms with Crippen LogP contribution in [0.15, 0.2) is 12.1 Å². The number of benzene rings is 1. The third-order valence-corrected chi connectivity index (χ3v) is 3.95. The molecule has 1 unspecified atom stereocenters. The predicted octanol–water partition coefficient (Wildman–Crippen LogP) is 2.04.